The molecule has 0 saturated carbocycles. The van der Waals surface area contributed by atoms with Gasteiger partial charge < -0.3 is 5.73 Å². The Morgan fingerprint density at radius 3 is 2.26 bits per heavy atom. The Morgan fingerprint density at radius 1 is 1.32 bits per heavy atom. The molecule has 0 amide bonds. The van der Waals surface area contributed by atoms with Crippen LogP contribution in [-0.4, -0.2) is 18.9 Å². The maximum Gasteiger partial charge on any atom is 0.242 e. The van der Waals surface area contributed by atoms with Crippen LogP contribution >= 0.6 is 11.6 Å². The molecule has 0 radical (unpaired) electrons. The summed E-state index contributed by atoms with van der Waals surface area (Å²) >= 11 is 5.81. The van der Waals surface area contributed by atoms with Gasteiger partial charge in [-0.15, -0.1) is 0 Å². The van der Waals surface area contributed by atoms with Gasteiger partial charge in [-0.25, -0.2) is 18.1 Å². The minimum Gasteiger partial charge on any atom is -0.382 e. The molecule has 0 aliphatic heterocycles. The number of aromatic nitrogens is 1. The van der Waals surface area contributed by atoms with Gasteiger partial charge >= 0.3 is 0 Å². The monoisotopic (exact) mass is 305 g/mol. The van der Waals surface area contributed by atoms with E-state index in [1.165, 1.54) is 12.3 Å². The number of nitrogens with one attached hydrogen (secondary N) is 1. The zero-order valence-corrected chi connectivity index (χ0v) is 13.0. The predicted octanol–water partition coefficient (Wildman–Crippen LogP) is 2.56. The van der Waals surface area contributed by atoms with E-state index in [9.17, 15) is 8.42 Å². The molecule has 0 fully saturated rings. The first-order valence-corrected chi connectivity index (χ1v) is 8.11. The van der Waals surface area contributed by atoms with Gasteiger partial charge in [0.15, 0.2) is 0 Å². The van der Waals surface area contributed by atoms with E-state index in [1.54, 1.807) is 0 Å². The SMILES string of the molecule is CCC(CC)(CC)NS(=O)(=O)c1cnc(N)c(Cl)c1. The second kappa shape index (κ2) is 6.07. The van der Waals surface area contributed by atoms with Gasteiger partial charge in [0, 0.05) is 11.7 Å². The number of sulfonamides is 1. The lowest BCUT2D eigenvalue weighted by Crippen LogP contribution is -2.46. The fourth-order valence-electron chi connectivity index (χ4n) is 1.89. The molecule has 1 aromatic heterocycles. The molecule has 0 atom stereocenters. The van der Waals surface area contributed by atoms with Crippen LogP contribution in [-0.2, 0) is 10.0 Å². The molecule has 19 heavy (non-hydrogen) atoms. The molecule has 0 aromatic carbocycles. The summed E-state index contributed by atoms with van der Waals surface area (Å²) in [6.07, 6.45) is 3.37. The molecule has 0 aliphatic carbocycles. The summed E-state index contributed by atoms with van der Waals surface area (Å²) in [6, 6.07) is 1.32. The molecule has 0 aliphatic rings. The van der Waals surface area contributed by atoms with E-state index in [-0.39, 0.29) is 15.7 Å². The van der Waals surface area contributed by atoms with Crippen molar-refractivity contribution in [3.05, 3.63) is 17.3 Å². The van der Waals surface area contributed by atoms with Crippen LogP contribution in [0, 0.1) is 0 Å². The van der Waals surface area contributed by atoms with Gasteiger partial charge in [-0.1, -0.05) is 32.4 Å². The number of pyridine rings is 1. The molecule has 3 N–H and O–H groups in total. The average Bonchev–Trinajstić information content (AvgIpc) is 2.39. The van der Waals surface area contributed by atoms with E-state index < -0.39 is 15.6 Å². The highest BCUT2D eigenvalue weighted by molar-refractivity contribution is 7.89. The van der Waals surface area contributed by atoms with Crippen LogP contribution in [0.5, 0.6) is 0 Å². The molecule has 5 nitrogen and oxygen atoms in total. The molecule has 0 bridgehead atoms. The lowest BCUT2D eigenvalue weighted by Gasteiger charge is -2.31. The van der Waals surface area contributed by atoms with Crippen molar-refractivity contribution in [1.29, 1.82) is 0 Å². The quantitative estimate of drug-likeness (QED) is 0.846. The Balaban J connectivity index is 3.14. The zero-order valence-electron chi connectivity index (χ0n) is 11.4. The van der Waals surface area contributed by atoms with E-state index in [0.29, 0.717) is 0 Å². The van der Waals surface area contributed by atoms with Gasteiger partial charge in [0.05, 0.1) is 5.02 Å². The van der Waals surface area contributed by atoms with Crippen molar-refractivity contribution in [2.45, 2.75) is 50.5 Å². The number of rotatable bonds is 6. The molecule has 0 saturated heterocycles. The van der Waals surface area contributed by atoms with Crippen molar-refractivity contribution >= 4 is 27.4 Å². The van der Waals surface area contributed by atoms with Gasteiger partial charge in [-0.2, -0.15) is 0 Å². The predicted molar refractivity (Wildman–Crippen MR) is 77.6 cm³/mol. The minimum absolute atomic E-state index is 0.0337. The van der Waals surface area contributed by atoms with E-state index in [4.69, 9.17) is 17.3 Å². The van der Waals surface area contributed by atoms with Crippen molar-refractivity contribution in [2.24, 2.45) is 0 Å². The smallest absolute Gasteiger partial charge is 0.242 e. The van der Waals surface area contributed by atoms with Gasteiger partial charge in [0.1, 0.15) is 10.7 Å². The summed E-state index contributed by atoms with van der Waals surface area (Å²) < 4.78 is 27.4. The van der Waals surface area contributed by atoms with Gasteiger partial charge in [-0.05, 0) is 25.3 Å². The molecule has 0 unspecified atom stereocenters. The molecule has 1 aromatic rings. The van der Waals surface area contributed by atoms with Crippen LogP contribution in [0.15, 0.2) is 17.2 Å². The number of nitrogens with zero attached hydrogens (tertiary/aromatic N) is 1. The Kier molecular flexibility index (Phi) is 5.18. The third kappa shape index (κ3) is 3.58. The van der Waals surface area contributed by atoms with Crippen LogP contribution in [0.1, 0.15) is 40.0 Å². The first-order valence-electron chi connectivity index (χ1n) is 6.25. The minimum atomic E-state index is -3.65. The Hall–Kier alpha value is -0.850. The topological polar surface area (TPSA) is 85.1 Å². The zero-order chi connectivity index (χ0) is 14.7. The summed E-state index contributed by atoms with van der Waals surface area (Å²) in [6.45, 7) is 5.89. The number of hydrogen-bond acceptors (Lipinski definition) is 4. The lowest BCUT2D eigenvalue weighted by molar-refractivity contribution is 0.341. The fourth-order valence-corrected chi connectivity index (χ4v) is 3.70. The van der Waals surface area contributed by atoms with Crippen LogP contribution < -0.4 is 10.5 Å². The maximum atomic E-state index is 12.3. The van der Waals surface area contributed by atoms with Crippen molar-refractivity contribution in [3.63, 3.8) is 0 Å². The van der Waals surface area contributed by atoms with Gasteiger partial charge in [0.2, 0.25) is 10.0 Å². The average molecular weight is 306 g/mol. The van der Waals surface area contributed by atoms with Crippen molar-refractivity contribution in [2.75, 3.05) is 5.73 Å². The van der Waals surface area contributed by atoms with E-state index in [2.05, 4.69) is 9.71 Å². The van der Waals surface area contributed by atoms with E-state index in [0.717, 1.165) is 19.3 Å². The van der Waals surface area contributed by atoms with Gasteiger partial charge in [-0.3, -0.25) is 0 Å². The standard InChI is InChI=1S/C12H20ClN3O2S/c1-4-12(5-2,6-3)16-19(17,18)9-7-10(13)11(14)15-8-9/h7-8,16H,4-6H2,1-3H3,(H2,14,15). The molecular formula is C12H20ClN3O2S. The molecule has 1 heterocycles. The summed E-state index contributed by atoms with van der Waals surface area (Å²) in [5.74, 6) is 0.119. The Labute approximate surface area is 119 Å². The first-order chi connectivity index (χ1) is 8.80. The van der Waals surface area contributed by atoms with Crippen LogP contribution in [0.3, 0.4) is 0 Å². The van der Waals surface area contributed by atoms with Crippen LogP contribution in [0.25, 0.3) is 0 Å². The van der Waals surface area contributed by atoms with Crippen molar-refractivity contribution < 1.29 is 8.42 Å². The normalized spacial score (nSPS) is 12.6. The van der Waals surface area contributed by atoms with Crippen molar-refractivity contribution in [1.82, 2.24) is 9.71 Å². The highest BCUT2D eigenvalue weighted by atomic mass is 35.5. The molecule has 7 heteroatoms. The first kappa shape index (κ1) is 16.2. The Morgan fingerprint density at radius 2 is 1.84 bits per heavy atom. The highest BCUT2D eigenvalue weighted by Crippen LogP contribution is 2.25. The summed E-state index contributed by atoms with van der Waals surface area (Å²) in [5, 5.41) is 0.137. The number of anilines is 1. The number of nitrogen functional groups attached to an aromatic ring is 1. The lowest BCUT2D eigenvalue weighted by atomic mass is 9.91. The summed E-state index contributed by atoms with van der Waals surface area (Å²) in [7, 11) is -3.65. The van der Waals surface area contributed by atoms with E-state index in [1.807, 2.05) is 20.8 Å². The van der Waals surface area contributed by atoms with Crippen molar-refractivity contribution in [3.8, 4) is 0 Å². The maximum absolute atomic E-state index is 12.3. The Bertz CT molecular complexity index is 534. The number of nitrogens with two attached hydrogens (primary N) is 1. The second-order valence-electron chi connectivity index (χ2n) is 4.48. The van der Waals surface area contributed by atoms with Crippen LogP contribution in [0.2, 0.25) is 5.02 Å². The third-order valence-electron chi connectivity index (χ3n) is 3.54. The van der Waals surface area contributed by atoms with Gasteiger partial charge in [0.25, 0.3) is 0 Å². The second-order valence-corrected chi connectivity index (χ2v) is 6.57. The molecule has 0 spiro atoms. The number of halogens is 1. The summed E-state index contributed by atoms with van der Waals surface area (Å²) in [5.41, 5.74) is 5.04. The van der Waals surface area contributed by atoms with E-state index >= 15 is 0 Å². The molecule has 1 rings (SSSR count). The third-order valence-corrected chi connectivity index (χ3v) is 5.38. The van der Waals surface area contributed by atoms with Crippen LogP contribution in [0.4, 0.5) is 5.82 Å². The number of hydrogen-bond donors (Lipinski definition) is 2. The summed E-state index contributed by atoms with van der Waals surface area (Å²) in [4.78, 5) is 3.81. The molecular weight excluding hydrogens is 286 g/mol. The fraction of sp³-hybridized carbons (Fsp3) is 0.583. The highest BCUT2D eigenvalue weighted by Gasteiger charge is 2.30. The molecule has 108 valence electrons. The largest absolute Gasteiger partial charge is 0.382 e.